The van der Waals surface area contributed by atoms with Gasteiger partial charge in [-0.25, -0.2) is 0 Å². The normalized spacial score (nSPS) is 12.6. The topological polar surface area (TPSA) is 61.7 Å². The fourth-order valence-corrected chi connectivity index (χ4v) is 1.74. The van der Waals surface area contributed by atoms with E-state index in [1.54, 1.807) is 6.07 Å². The van der Waals surface area contributed by atoms with Crippen LogP contribution in [0, 0.1) is 0 Å². The van der Waals surface area contributed by atoms with Crippen LogP contribution in [-0.2, 0) is 4.74 Å². The van der Waals surface area contributed by atoms with E-state index < -0.39 is 0 Å². The second kappa shape index (κ2) is 7.95. The van der Waals surface area contributed by atoms with Gasteiger partial charge >= 0.3 is 0 Å². The lowest BCUT2D eigenvalue weighted by Crippen LogP contribution is -2.21. The fraction of sp³-hybridized carbons (Fsp3) is 0.571. The molecule has 0 aromatic heterocycles. The van der Waals surface area contributed by atoms with Crippen molar-refractivity contribution in [3.05, 3.63) is 23.8 Å². The Morgan fingerprint density at radius 1 is 1.28 bits per heavy atom. The van der Waals surface area contributed by atoms with Gasteiger partial charge in [-0.2, -0.15) is 0 Å². The molecule has 0 heterocycles. The molecule has 1 aromatic carbocycles. The number of aromatic hydroxyl groups is 2. The standard InChI is InChI=1S/C14H23NO3/c1-3-8-18-9-4-7-15-11(2)13-10-12(16)5-6-14(13)17/h5-6,10-11,15-17H,3-4,7-9H2,1-2H3. The smallest absolute Gasteiger partial charge is 0.120 e. The highest BCUT2D eigenvalue weighted by Gasteiger charge is 2.10. The third kappa shape index (κ3) is 4.94. The number of hydrogen-bond donors (Lipinski definition) is 3. The zero-order chi connectivity index (χ0) is 13.4. The van der Waals surface area contributed by atoms with E-state index in [2.05, 4.69) is 12.2 Å². The number of nitrogens with one attached hydrogen (secondary N) is 1. The molecule has 0 spiro atoms. The van der Waals surface area contributed by atoms with Crippen molar-refractivity contribution in [3.8, 4) is 11.5 Å². The third-order valence-electron chi connectivity index (χ3n) is 2.74. The van der Waals surface area contributed by atoms with Crippen LogP contribution in [0.3, 0.4) is 0 Å². The van der Waals surface area contributed by atoms with Crippen molar-refractivity contribution in [2.24, 2.45) is 0 Å². The third-order valence-corrected chi connectivity index (χ3v) is 2.74. The molecule has 102 valence electrons. The van der Waals surface area contributed by atoms with Gasteiger partial charge in [-0.15, -0.1) is 0 Å². The van der Waals surface area contributed by atoms with Gasteiger partial charge in [0.25, 0.3) is 0 Å². The second-order valence-corrected chi connectivity index (χ2v) is 4.38. The Balaban J connectivity index is 2.31. The SMILES string of the molecule is CCCOCCCNC(C)c1cc(O)ccc1O. The van der Waals surface area contributed by atoms with Gasteiger partial charge in [0.15, 0.2) is 0 Å². The molecule has 0 fully saturated rings. The van der Waals surface area contributed by atoms with E-state index in [1.807, 2.05) is 6.92 Å². The van der Waals surface area contributed by atoms with Gasteiger partial charge in [-0.3, -0.25) is 0 Å². The Morgan fingerprint density at radius 2 is 2.06 bits per heavy atom. The quantitative estimate of drug-likeness (QED) is 0.492. The molecule has 0 saturated carbocycles. The first-order valence-electron chi connectivity index (χ1n) is 6.48. The van der Waals surface area contributed by atoms with E-state index in [0.717, 1.165) is 32.6 Å². The average molecular weight is 253 g/mol. The van der Waals surface area contributed by atoms with Crippen LogP contribution in [0.5, 0.6) is 11.5 Å². The average Bonchev–Trinajstić information content (AvgIpc) is 2.36. The summed E-state index contributed by atoms with van der Waals surface area (Å²) in [5, 5.41) is 22.4. The van der Waals surface area contributed by atoms with Crippen molar-refractivity contribution < 1.29 is 14.9 Å². The molecule has 0 aliphatic heterocycles. The highest BCUT2D eigenvalue weighted by atomic mass is 16.5. The number of ether oxygens (including phenoxy) is 1. The molecule has 0 radical (unpaired) electrons. The van der Waals surface area contributed by atoms with Crippen LogP contribution < -0.4 is 5.32 Å². The summed E-state index contributed by atoms with van der Waals surface area (Å²) >= 11 is 0. The highest BCUT2D eigenvalue weighted by molar-refractivity contribution is 5.40. The summed E-state index contributed by atoms with van der Waals surface area (Å²) in [6.07, 6.45) is 1.98. The van der Waals surface area contributed by atoms with Gasteiger partial charge in [0.1, 0.15) is 11.5 Å². The Labute approximate surface area is 109 Å². The van der Waals surface area contributed by atoms with Crippen LogP contribution in [0.2, 0.25) is 0 Å². The maximum absolute atomic E-state index is 9.70. The molecular weight excluding hydrogens is 230 g/mol. The van der Waals surface area contributed by atoms with Crippen LogP contribution >= 0.6 is 0 Å². The Morgan fingerprint density at radius 3 is 2.78 bits per heavy atom. The lowest BCUT2D eigenvalue weighted by Gasteiger charge is -2.15. The maximum atomic E-state index is 9.70. The maximum Gasteiger partial charge on any atom is 0.120 e. The molecular formula is C14H23NO3. The van der Waals surface area contributed by atoms with E-state index in [1.165, 1.54) is 12.1 Å². The lowest BCUT2D eigenvalue weighted by atomic mass is 10.1. The molecule has 18 heavy (non-hydrogen) atoms. The fourth-order valence-electron chi connectivity index (χ4n) is 1.74. The number of benzene rings is 1. The van der Waals surface area contributed by atoms with E-state index in [9.17, 15) is 10.2 Å². The Bertz CT molecular complexity index is 355. The van der Waals surface area contributed by atoms with Gasteiger partial charge in [0, 0.05) is 24.8 Å². The summed E-state index contributed by atoms with van der Waals surface area (Å²) < 4.78 is 5.38. The van der Waals surface area contributed by atoms with Gasteiger partial charge < -0.3 is 20.3 Å². The first-order valence-corrected chi connectivity index (χ1v) is 6.48. The zero-order valence-electron chi connectivity index (χ0n) is 11.1. The minimum Gasteiger partial charge on any atom is -0.508 e. The van der Waals surface area contributed by atoms with Crippen LogP contribution in [0.4, 0.5) is 0 Å². The van der Waals surface area contributed by atoms with E-state index >= 15 is 0 Å². The van der Waals surface area contributed by atoms with Crippen LogP contribution in [-0.4, -0.2) is 30.0 Å². The molecule has 0 amide bonds. The first-order chi connectivity index (χ1) is 8.65. The number of phenols is 2. The first kappa shape index (κ1) is 14.8. The number of rotatable bonds is 8. The Hall–Kier alpha value is -1.26. The molecule has 1 aromatic rings. The van der Waals surface area contributed by atoms with Crippen LogP contribution in [0.1, 0.15) is 38.3 Å². The molecule has 0 aliphatic carbocycles. The van der Waals surface area contributed by atoms with E-state index in [0.29, 0.717) is 5.56 Å². The summed E-state index contributed by atoms with van der Waals surface area (Å²) in [5.74, 6) is 0.373. The van der Waals surface area contributed by atoms with Gasteiger partial charge in [0.05, 0.1) is 0 Å². The summed E-state index contributed by atoms with van der Waals surface area (Å²) in [6, 6.07) is 4.57. The zero-order valence-corrected chi connectivity index (χ0v) is 11.1. The van der Waals surface area contributed by atoms with Gasteiger partial charge in [-0.1, -0.05) is 6.92 Å². The molecule has 1 atom stereocenters. The molecule has 1 rings (SSSR count). The predicted octanol–water partition coefficient (Wildman–Crippen LogP) is 2.57. The van der Waals surface area contributed by atoms with Crippen molar-refractivity contribution in [2.45, 2.75) is 32.7 Å². The molecule has 0 aliphatic rings. The van der Waals surface area contributed by atoms with Crippen molar-refractivity contribution in [2.75, 3.05) is 19.8 Å². The largest absolute Gasteiger partial charge is 0.508 e. The lowest BCUT2D eigenvalue weighted by molar-refractivity contribution is 0.131. The summed E-state index contributed by atoms with van der Waals surface area (Å²) in [7, 11) is 0. The molecule has 0 bridgehead atoms. The molecule has 4 heteroatoms. The monoisotopic (exact) mass is 253 g/mol. The summed E-state index contributed by atoms with van der Waals surface area (Å²) in [4.78, 5) is 0. The highest BCUT2D eigenvalue weighted by Crippen LogP contribution is 2.27. The molecule has 3 N–H and O–H groups in total. The molecule has 0 saturated heterocycles. The van der Waals surface area contributed by atoms with Gasteiger partial charge in [0.2, 0.25) is 0 Å². The summed E-state index contributed by atoms with van der Waals surface area (Å²) in [5.41, 5.74) is 0.712. The predicted molar refractivity (Wildman–Crippen MR) is 71.9 cm³/mol. The van der Waals surface area contributed by atoms with Crippen molar-refractivity contribution >= 4 is 0 Å². The van der Waals surface area contributed by atoms with E-state index in [-0.39, 0.29) is 17.5 Å². The Kier molecular flexibility index (Phi) is 6.54. The van der Waals surface area contributed by atoms with Crippen molar-refractivity contribution in [3.63, 3.8) is 0 Å². The molecule has 4 nitrogen and oxygen atoms in total. The van der Waals surface area contributed by atoms with Gasteiger partial charge in [-0.05, 0) is 44.5 Å². The minimum absolute atomic E-state index is 0.00303. The number of hydrogen-bond acceptors (Lipinski definition) is 4. The van der Waals surface area contributed by atoms with E-state index in [4.69, 9.17) is 4.74 Å². The summed E-state index contributed by atoms with van der Waals surface area (Å²) in [6.45, 7) is 6.43. The van der Waals surface area contributed by atoms with Crippen LogP contribution in [0.25, 0.3) is 0 Å². The van der Waals surface area contributed by atoms with Crippen molar-refractivity contribution in [1.82, 2.24) is 5.32 Å². The minimum atomic E-state index is 0.00303. The van der Waals surface area contributed by atoms with Crippen LogP contribution in [0.15, 0.2) is 18.2 Å². The second-order valence-electron chi connectivity index (χ2n) is 4.38. The number of phenolic OH excluding ortho intramolecular Hbond substituents is 2. The van der Waals surface area contributed by atoms with Crippen molar-refractivity contribution in [1.29, 1.82) is 0 Å². The molecule has 1 unspecified atom stereocenters.